The maximum Gasteiger partial charge on any atom is 0.228 e. The van der Waals surface area contributed by atoms with Gasteiger partial charge in [0.2, 0.25) is 11.8 Å². The van der Waals surface area contributed by atoms with Gasteiger partial charge in [0.15, 0.2) is 0 Å². The molecule has 1 aromatic heterocycles. The maximum absolute atomic E-state index is 12.6. The molecule has 1 aromatic rings. The van der Waals surface area contributed by atoms with Crippen LogP contribution in [0.15, 0.2) is 24.4 Å². The van der Waals surface area contributed by atoms with Gasteiger partial charge >= 0.3 is 0 Å². The Labute approximate surface area is 118 Å². The van der Waals surface area contributed by atoms with Gasteiger partial charge in [-0.1, -0.05) is 6.07 Å². The van der Waals surface area contributed by atoms with Crippen molar-refractivity contribution in [3.8, 4) is 0 Å². The van der Waals surface area contributed by atoms with Crippen molar-refractivity contribution in [3.05, 3.63) is 30.1 Å². The zero-order valence-corrected chi connectivity index (χ0v) is 11.4. The fourth-order valence-corrected chi connectivity index (χ4v) is 2.62. The van der Waals surface area contributed by atoms with Crippen molar-refractivity contribution in [1.82, 2.24) is 15.2 Å². The predicted octanol–water partition coefficient (Wildman–Crippen LogP) is 1.10. The van der Waals surface area contributed by atoms with Gasteiger partial charge in [-0.05, 0) is 31.4 Å². The van der Waals surface area contributed by atoms with Crippen LogP contribution in [0.2, 0.25) is 0 Å². The number of aromatic nitrogens is 1. The van der Waals surface area contributed by atoms with Crippen LogP contribution < -0.4 is 5.32 Å². The van der Waals surface area contributed by atoms with E-state index in [1.807, 2.05) is 23.1 Å². The zero-order valence-electron chi connectivity index (χ0n) is 11.4. The van der Waals surface area contributed by atoms with E-state index in [1.165, 1.54) is 0 Å². The Morgan fingerprint density at radius 2 is 2.20 bits per heavy atom. The lowest BCUT2D eigenvalue weighted by atomic mass is 9.97. The second-order valence-corrected chi connectivity index (χ2v) is 5.56. The number of nitrogens with one attached hydrogen (secondary N) is 1. The van der Waals surface area contributed by atoms with Crippen LogP contribution in [-0.2, 0) is 16.1 Å². The van der Waals surface area contributed by atoms with E-state index >= 15 is 0 Å². The monoisotopic (exact) mass is 273 g/mol. The Balaban J connectivity index is 1.67. The first-order valence-corrected chi connectivity index (χ1v) is 7.21. The summed E-state index contributed by atoms with van der Waals surface area (Å²) in [6, 6.07) is 6.13. The molecular formula is C15H19N3O2. The third kappa shape index (κ3) is 2.98. The molecule has 5 heteroatoms. The number of nitrogens with zero attached hydrogens (tertiary/aromatic N) is 2. The minimum atomic E-state index is -0.0722. The number of pyridine rings is 1. The van der Waals surface area contributed by atoms with E-state index < -0.39 is 0 Å². The van der Waals surface area contributed by atoms with Crippen LogP contribution in [0, 0.1) is 5.92 Å². The molecule has 2 fully saturated rings. The largest absolute Gasteiger partial charge is 0.355 e. The Bertz CT molecular complexity index is 489. The highest BCUT2D eigenvalue weighted by Crippen LogP contribution is 2.30. The van der Waals surface area contributed by atoms with Crippen molar-refractivity contribution in [2.45, 2.75) is 38.3 Å². The number of amides is 2. The minimum Gasteiger partial charge on any atom is -0.355 e. The van der Waals surface area contributed by atoms with Crippen molar-refractivity contribution in [3.63, 3.8) is 0 Å². The standard InChI is InChI=1S/C15H19N3O2/c19-14-7-4-11(9-17-14)15(20)18(13-5-6-13)10-12-3-1-2-8-16-12/h1-3,8,11,13H,4-7,9-10H2,(H,17,19). The highest BCUT2D eigenvalue weighted by atomic mass is 16.2. The third-order valence-electron chi connectivity index (χ3n) is 3.94. The lowest BCUT2D eigenvalue weighted by Gasteiger charge is -2.29. The Morgan fingerprint density at radius 3 is 2.80 bits per heavy atom. The lowest BCUT2D eigenvalue weighted by Crippen LogP contribution is -2.45. The van der Waals surface area contributed by atoms with E-state index in [-0.39, 0.29) is 17.7 Å². The SMILES string of the molecule is O=C1CCC(C(=O)N(Cc2ccccn2)C2CC2)CN1. The van der Waals surface area contributed by atoms with Gasteiger partial charge in [-0.3, -0.25) is 14.6 Å². The van der Waals surface area contributed by atoms with Crippen molar-refractivity contribution in [1.29, 1.82) is 0 Å². The molecule has 0 radical (unpaired) electrons. The molecule has 5 nitrogen and oxygen atoms in total. The molecule has 3 rings (SSSR count). The van der Waals surface area contributed by atoms with Gasteiger partial charge in [0.1, 0.15) is 0 Å². The first-order chi connectivity index (χ1) is 9.74. The summed E-state index contributed by atoms with van der Waals surface area (Å²) in [5.41, 5.74) is 0.924. The van der Waals surface area contributed by atoms with Crippen LogP contribution >= 0.6 is 0 Å². The second kappa shape index (κ2) is 5.61. The summed E-state index contributed by atoms with van der Waals surface area (Å²) in [7, 11) is 0. The molecule has 20 heavy (non-hydrogen) atoms. The van der Waals surface area contributed by atoms with E-state index in [4.69, 9.17) is 0 Å². The number of rotatable bonds is 4. The molecule has 1 aliphatic carbocycles. The second-order valence-electron chi connectivity index (χ2n) is 5.56. The van der Waals surface area contributed by atoms with Gasteiger partial charge < -0.3 is 10.2 Å². The first-order valence-electron chi connectivity index (χ1n) is 7.21. The van der Waals surface area contributed by atoms with E-state index in [1.54, 1.807) is 6.20 Å². The molecule has 1 aliphatic heterocycles. The summed E-state index contributed by atoms with van der Waals surface area (Å²) >= 11 is 0. The Morgan fingerprint density at radius 1 is 1.35 bits per heavy atom. The molecule has 1 N–H and O–H groups in total. The van der Waals surface area contributed by atoms with Crippen LogP contribution in [0.3, 0.4) is 0 Å². The molecule has 0 spiro atoms. The van der Waals surface area contributed by atoms with Gasteiger partial charge in [0.05, 0.1) is 18.2 Å². The smallest absolute Gasteiger partial charge is 0.228 e. The van der Waals surface area contributed by atoms with Crippen LogP contribution in [0.5, 0.6) is 0 Å². The van der Waals surface area contributed by atoms with Crippen molar-refractivity contribution < 1.29 is 9.59 Å². The summed E-state index contributed by atoms with van der Waals surface area (Å²) in [6.45, 7) is 1.05. The number of hydrogen-bond acceptors (Lipinski definition) is 3. The molecule has 0 aromatic carbocycles. The van der Waals surface area contributed by atoms with E-state index in [9.17, 15) is 9.59 Å². The minimum absolute atomic E-state index is 0.0525. The van der Waals surface area contributed by atoms with E-state index in [2.05, 4.69) is 10.3 Å². The van der Waals surface area contributed by atoms with Gasteiger partial charge in [0.25, 0.3) is 0 Å². The Hall–Kier alpha value is -1.91. The van der Waals surface area contributed by atoms with Crippen LogP contribution in [-0.4, -0.2) is 34.3 Å². The number of carbonyl (C=O) groups is 2. The highest BCUT2D eigenvalue weighted by Gasteiger charge is 2.37. The quantitative estimate of drug-likeness (QED) is 0.893. The van der Waals surface area contributed by atoms with Crippen molar-refractivity contribution in [2.24, 2.45) is 5.92 Å². The predicted molar refractivity (Wildman–Crippen MR) is 73.5 cm³/mol. The number of piperidine rings is 1. The molecule has 106 valence electrons. The molecule has 0 bridgehead atoms. The number of hydrogen-bond donors (Lipinski definition) is 1. The normalized spacial score (nSPS) is 22.2. The van der Waals surface area contributed by atoms with Gasteiger partial charge in [0, 0.05) is 25.2 Å². The summed E-state index contributed by atoms with van der Waals surface area (Å²) in [6.07, 6.45) is 5.04. The summed E-state index contributed by atoms with van der Waals surface area (Å²) in [5.74, 6) is 0.145. The van der Waals surface area contributed by atoms with Gasteiger partial charge in [-0.25, -0.2) is 0 Å². The third-order valence-corrected chi connectivity index (χ3v) is 3.94. The average molecular weight is 273 g/mol. The van der Waals surface area contributed by atoms with Gasteiger partial charge in [-0.15, -0.1) is 0 Å². The van der Waals surface area contributed by atoms with Crippen molar-refractivity contribution >= 4 is 11.8 Å². The molecule has 1 atom stereocenters. The van der Waals surface area contributed by atoms with Crippen LogP contribution in [0.1, 0.15) is 31.4 Å². The lowest BCUT2D eigenvalue weighted by molar-refractivity contribution is -0.138. The van der Waals surface area contributed by atoms with Crippen LogP contribution in [0.25, 0.3) is 0 Å². The summed E-state index contributed by atoms with van der Waals surface area (Å²) in [5, 5.41) is 2.79. The van der Waals surface area contributed by atoms with E-state index in [0.29, 0.717) is 32.0 Å². The molecule has 1 saturated heterocycles. The number of carbonyl (C=O) groups excluding carboxylic acids is 2. The molecule has 2 heterocycles. The summed E-state index contributed by atoms with van der Waals surface area (Å²) in [4.78, 5) is 30.1. The average Bonchev–Trinajstić information content (AvgIpc) is 3.30. The molecule has 2 amide bonds. The zero-order chi connectivity index (χ0) is 13.9. The van der Waals surface area contributed by atoms with Crippen LogP contribution in [0.4, 0.5) is 0 Å². The molecule has 1 unspecified atom stereocenters. The molecule has 1 saturated carbocycles. The fourth-order valence-electron chi connectivity index (χ4n) is 2.62. The maximum atomic E-state index is 12.6. The van der Waals surface area contributed by atoms with Gasteiger partial charge in [-0.2, -0.15) is 0 Å². The highest BCUT2D eigenvalue weighted by molar-refractivity contribution is 5.84. The molecule has 2 aliphatic rings. The topological polar surface area (TPSA) is 62.3 Å². The summed E-state index contributed by atoms with van der Waals surface area (Å²) < 4.78 is 0. The van der Waals surface area contributed by atoms with Crippen molar-refractivity contribution in [2.75, 3.05) is 6.54 Å². The fraction of sp³-hybridized carbons (Fsp3) is 0.533. The first kappa shape index (κ1) is 13.1. The van der Waals surface area contributed by atoms with E-state index in [0.717, 1.165) is 18.5 Å². The molecular weight excluding hydrogens is 254 g/mol. The Kier molecular flexibility index (Phi) is 3.67.